The molecule has 0 aromatic carbocycles. The van der Waals surface area contributed by atoms with Gasteiger partial charge >= 0.3 is 0 Å². The molecule has 0 saturated carbocycles. The number of nitrogens with one attached hydrogen (secondary N) is 1. The molecule has 1 heterocycles. The highest BCUT2D eigenvalue weighted by Gasteiger charge is 2.55. The van der Waals surface area contributed by atoms with Crippen LogP contribution in [0.3, 0.4) is 0 Å². The van der Waals surface area contributed by atoms with Gasteiger partial charge in [0.05, 0.1) is 6.20 Å². The molecule has 3 nitrogen and oxygen atoms in total. The Labute approximate surface area is 97.8 Å². The van der Waals surface area contributed by atoms with Gasteiger partial charge in [0, 0.05) is 29.1 Å². The molecule has 3 heteroatoms. The summed E-state index contributed by atoms with van der Waals surface area (Å²) in [6.07, 6.45) is 2.90. The van der Waals surface area contributed by atoms with Crippen LogP contribution in [-0.4, -0.2) is 16.2 Å². The molecular formula is C13H23N3. The van der Waals surface area contributed by atoms with Crippen molar-refractivity contribution in [3.8, 4) is 0 Å². The predicted octanol–water partition coefficient (Wildman–Crippen LogP) is 2.23. The third-order valence-corrected chi connectivity index (χ3v) is 4.32. The summed E-state index contributed by atoms with van der Waals surface area (Å²) in [7, 11) is 0. The van der Waals surface area contributed by atoms with Crippen LogP contribution in [0.15, 0.2) is 6.20 Å². The maximum Gasteiger partial charge on any atom is 0.0528 e. The number of hydrogen-bond donors (Lipinski definition) is 2. The smallest absolute Gasteiger partial charge is 0.0528 e. The topological polar surface area (TPSA) is 54.7 Å². The minimum atomic E-state index is 0.0370. The van der Waals surface area contributed by atoms with E-state index in [9.17, 15) is 0 Å². The van der Waals surface area contributed by atoms with Crippen LogP contribution in [0.5, 0.6) is 0 Å². The van der Waals surface area contributed by atoms with Gasteiger partial charge in [-0.25, -0.2) is 0 Å². The highest BCUT2D eigenvalue weighted by Crippen LogP contribution is 2.53. The quantitative estimate of drug-likeness (QED) is 0.764. The first-order valence-corrected chi connectivity index (χ1v) is 6.10. The zero-order valence-electron chi connectivity index (χ0n) is 11.0. The fraction of sp³-hybridized carbons (Fsp3) is 0.769. The van der Waals surface area contributed by atoms with Crippen molar-refractivity contribution in [2.45, 2.75) is 52.5 Å². The van der Waals surface area contributed by atoms with Crippen LogP contribution >= 0.6 is 0 Å². The molecule has 1 aliphatic carbocycles. The number of rotatable bonds is 1. The van der Waals surface area contributed by atoms with Gasteiger partial charge < -0.3 is 5.73 Å². The van der Waals surface area contributed by atoms with E-state index in [-0.39, 0.29) is 16.9 Å². The number of hydrogen-bond acceptors (Lipinski definition) is 2. The molecule has 90 valence electrons. The van der Waals surface area contributed by atoms with Crippen molar-refractivity contribution in [3.05, 3.63) is 17.5 Å². The first kappa shape index (κ1) is 11.6. The zero-order chi connectivity index (χ0) is 12.1. The van der Waals surface area contributed by atoms with Crippen molar-refractivity contribution in [1.29, 1.82) is 0 Å². The molecule has 2 rings (SSSR count). The fourth-order valence-corrected chi connectivity index (χ4v) is 3.97. The summed E-state index contributed by atoms with van der Waals surface area (Å²) in [6.45, 7) is 11.4. The molecule has 3 N–H and O–H groups in total. The van der Waals surface area contributed by atoms with Crippen LogP contribution < -0.4 is 5.73 Å². The lowest BCUT2D eigenvalue weighted by atomic mass is 9.56. The van der Waals surface area contributed by atoms with Crippen LogP contribution in [0, 0.1) is 11.3 Å². The van der Waals surface area contributed by atoms with Crippen LogP contribution in [0.25, 0.3) is 0 Å². The fourth-order valence-electron chi connectivity index (χ4n) is 3.97. The molecule has 0 saturated heterocycles. The van der Waals surface area contributed by atoms with E-state index in [1.165, 1.54) is 11.3 Å². The van der Waals surface area contributed by atoms with Gasteiger partial charge in [0.25, 0.3) is 0 Å². The maximum atomic E-state index is 6.45. The van der Waals surface area contributed by atoms with Gasteiger partial charge in [-0.05, 0) is 11.3 Å². The Morgan fingerprint density at radius 1 is 1.50 bits per heavy atom. The summed E-state index contributed by atoms with van der Waals surface area (Å²) in [5.41, 5.74) is 9.20. The summed E-state index contributed by atoms with van der Waals surface area (Å²) in [5.74, 6) is 0.515. The second kappa shape index (κ2) is 3.33. The molecule has 0 fully saturated rings. The molecule has 1 aliphatic rings. The van der Waals surface area contributed by atoms with Gasteiger partial charge in [-0.3, -0.25) is 5.10 Å². The van der Waals surface area contributed by atoms with E-state index in [1.54, 1.807) is 0 Å². The minimum Gasteiger partial charge on any atom is -0.327 e. The standard InChI is InChI=1S/C13H23N3/c1-8(2)13(12(3,4)5)9-7-15-16-10(9)6-11(13)14/h7-8,11H,6,14H2,1-5H3,(H,15,16)/t11-,13?/m1/s1. The Morgan fingerprint density at radius 3 is 2.62 bits per heavy atom. The summed E-state index contributed by atoms with van der Waals surface area (Å²) in [4.78, 5) is 0. The van der Waals surface area contributed by atoms with E-state index in [1.807, 2.05) is 6.20 Å². The normalized spacial score (nSPS) is 29.8. The van der Waals surface area contributed by atoms with E-state index < -0.39 is 0 Å². The summed E-state index contributed by atoms with van der Waals surface area (Å²) in [5, 5.41) is 7.29. The van der Waals surface area contributed by atoms with Gasteiger partial charge in [0.15, 0.2) is 0 Å². The van der Waals surface area contributed by atoms with Crippen molar-refractivity contribution < 1.29 is 0 Å². The van der Waals surface area contributed by atoms with Crippen molar-refractivity contribution in [2.75, 3.05) is 0 Å². The minimum absolute atomic E-state index is 0.0370. The molecule has 0 aliphatic heterocycles. The van der Waals surface area contributed by atoms with E-state index in [4.69, 9.17) is 5.73 Å². The van der Waals surface area contributed by atoms with Gasteiger partial charge in [0.1, 0.15) is 0 Å². The molecule has 16 heavy (non-hydrogen) atoms. The van der Waals surface area contributed by atoms with Crippen molar-refractivity contribution in [2.24, 2.45) is 17.1 Å². The molecule has 0 spiro atoms. The number of aromatic amines is 1. The lowest BCUT2D eigenvalue weighted by Crippen LogP contribution is -2.54. The molecule has 2 atom stereocenters. The lowest BCUT2D eigenvalue weighted by molar-refractivity contribution is 0.102. The van der Waals surface area contributed by atoms with E-state index in [0.717, 1.165) is 6.42 Å². The predicted molar refractivity (Wildman–Crippen MR) is 66.2 cm³/mol. The van der Waals surface area contributed by atoms with Crippen molar-refractivity contribution in [3.63, 3.8) is 0 Å². The van der Waals surface area contributed by atoms with Crippen LogP contribution in [0.4, 0.5) is 0 Å². The Hall–Kier alpha value is -0.830. The Balaban J connectivity index is 2.65. The third kappa shape index (κ3) is 1.21. The highest BCUT2D eigenvalue weighted by atomic mass is 15.1. The highest BCUT2D eigenvalue weighted by molar-refractivity contribution is 5.40. The molecule has 1 aromatic heterocycles. The summed E-state index contributed by atoms with van der Waals surface area (Å²) in [6, 6.07) is 0.191. The number of nitrogens with two attached hydrogens (primary N) is 1. The molecule has 0 bridgehead atoms. The van der Waals surface area contributed by atoms with Crippen LogP contribution in [0.2, 0.25) is 0 Å². The average Bonchev–Trinajstić information content (AvgIpc) is 2.58. The summed E-state index contributed by atoms with van der Waals surface area (Å²) >= 11 is 0. The lowest BCUT2D eigenvalue weighted by Gasteiger charge is -2.48. The number of H-pyrrole nitrogens is 1. The maximum absolute atomic E-state index is 6.45. The van der Waals surface area contributed by atoms with Gasteiger partial charge in [-0.15, -0.1) is 0 Å². The number of fused-ring (bicyclic) bond motifs is 1. The van der Waals surface area contributed by atoms with Crippen molar-refractivity contribution >= 4 is 0 Å². The first-order chi connectivity index (χ1) is 7.31. The Morgan fingerprint density at radius 2 is 2.12 bits per heavy atom. The first-order valence-electron chi connectivity index (χ1n) is 6.10. The van der Waals surface area contributed by atoms with Gasteiger partial charge in [-0.1, -0.05) is 34.6 Å². The average molecular weight is 221 g/mol. The second-order valence-corrected chi connectivity index (χ2v) is 6.35. The third-order valence-electron chi connectivity index (χ3n) is 4.32. The zero-order valence-corrected chi connectivity index (χ0v) is 11.0. The van der Waals surface area contributed by atoms with E-state index in [0.29, 0.717) is 5.92 Å². The number of aromatic nitrogens is 2. The van der Waals surface area contributed by atoms with Crippen LogP contribution in [0.1, 0.15) is 45.9 Å². The molecular weight excluding hydrogens is 198 g/mol. The van der Waals surface area contributed by atoms with E-state index in [2.05, 4.69) is 44.8 Å². The molecule has 0 amide bonds. The van der Waals surface area contributed by atoms with Crippen LogP contribution in [-0.2, 0) is 11.8 Å². The monoisotopic (exact) mass is 221 g/mol. The van der Waals surface area contributed by atoms with Gasteiger partial charge in [-0.2, -0.15) is 5.10 Å². The Kier molecular flexibility index (Phi) is 2.42. The number of nitrogens with zero attached hydrogens (tertiary/aromatic N) is 1. The molecule has 1 aromatic rings. The van der Waals surface area contributed by atoms with E-state index >= 15 is 0 Å². The second-order valence-electron chi connectivity index (χ2n) is 6.35. The summed E-state index contributed by atoms with van der Waals surface area (Å²) < 4.78 is 0. The molecule has 1 unspecified atom stereocenters. The van der Waals surface area contributed by atoms with Gasteiger partial charge in [0.2, 0.25) is 0 Å². The SMILES string of the molecule is CC(C)C1(C(C)(C)C)c2cn[nH]c2C[C@H]1N. The van der Waals surface area contributed by atoms with Crippen molar-refractivity contribution in [1.82, 2.24) is 10.2 Å². The molecule has 0 radical (unpaired) electrons. The largest absolute Gasteiger partial charge is 0.327 e. The Bertz CT molecular complexity index is 386.